The van der Waals surface area contributed by atoms with E-state index in [1.165, 1.54) is 5.56 Å². The van der Waals surface area contributed by atoms with Gasteiger partial charge in [-0.25, -0.2) is 14.5 Å². The topological polar surface area (TPSA) is 80.5 Å². The molecule has 33 heavy (non-hydrogen) atoms. The molecule has 1 aliphatic heterocycles. The first-order valence-corrected chi connectivity index (χ1v) is 11.2. The minimum absolute atomic E-state index is 0.00236. The molecule has 0 radical (unpaired) electrons. The molecule has 0 saturated carbocycles. The summed E-state index contributed by atoms with van der Waals surface area (Å²) in [7, 11) is 0. The van der Waals surface area contributed by atoms with Crippen LogP contribution in [0.4, 0.5) is 5.69 Å². The second kappa shape index (κ2) is 8.67. The van der Waals surface area contributed by atoms with Gasteiger partial charge in [0.25, 0.3) is 0 Å². The molecule has 5 rings (SSSR count). The molecule has 1 N–H and O–H groups in total. The summed E-state index contributed by atoms with van der Waals surface area (Å²) in [5.41, 5.74) is 6.31. The van der Waals surface area contributed by atoms with E-state index in [2.05, 4.69) is 41.1 Å². The Morgan fingerprint density at radius 2 is 1.82 bits per heavy atom. The Hall–Kier alpha value is -3.71. The second-order valence-corrected chi connectivity index (χ2v) is 8.23. The van der Waals surface area contributed by atoms with Crippen LogP contribution in [0.3, 0.4) is 0 Å². The maximum absolute atomic E-state index is 11.9. The van der Waals surface area contributed by atoms with Crippen molar-refractivity contribution in [2.75, 3.05) is 31.2 Å². The van der Waals surface area contributed by atoms with E-state index in [4.69, 9.17) is 9.84 Å². The minimum atomic E-state index is -1.06. The Morgan fingerprint density at radius 3 is 2.52 bits per heavy atom. The van der Waals surface area contributed by atoms with E-state index < -0.39 is 5.97 Å². The zero-order chi connectivity index (χ0) is 22.9. The number of aryl methyl sites for hydroxylation is 2. The van der Waals surface area contributed by atoms with Crippen molar-refractivity contribution in [3.8, 4) is 16.8 Å². The summed E-state index contributed by atoms with van der Waals surface area (Å²) in [6.07, 6.45) is 0.903. The maximum atomic E-state index is 11.9. The number of hydrogen-bond donors (Lipinski definition) is 1. The first-order valence-electron chi connectivity index (χ1n) is 11.2. The van der Waals surface area contributed by atoms with Crippen molar-refractivity contribution in [1.29, 1.82) is 0 Å². The highest BCUT2D eigenvalue weighted by Gasteiger charge is 2.20. The number of fused-ring (bicyclic) bond motifs is 1. The molecule has 0 aliphatic carbocycles. The summed E-state index contributed by atoms with van der Waals surface area (Å²) in [5, 5.41) is 15.4. The molecule has 0 bridgehead atoms. The van der Waals surface area contributed by atoms with E-state index in [1.54, 1.807) is 10.7 Å². The largest absolute Gasteiger partial charge is 0.477 e. The normalized spacial score (nSPS) is 14.1. The van der Waals surface area contributed by atoms with Crippen molar-refractivity contribution >= 4 is 22.7 Å². The van der Waals surface area contributed by atoms with Crippen LogP contribution in [-0.2, 0) is 11.2 Å². The molecular formula is C26H26N4O3. The fourth-order valence-corrected chi connectivity index (χ4v) is 4.39. The molecule has 7 heteroatoms. The van der Waals surface area contributed by atoms with Gasteiger partial charge in [-0.05, 0) is 60.4 Å². The lowest BCUT2D eigenvalue weighted by molar-refractivity contribution is 0.0691. The van der Waals surface area contributed by atoms with Crippen molar-refractivity contribution in [2.45, 2.75) is 20.3 Å². The molecule has 168 valence electrons. The fraction of sp³-hybridized carbons (Fsp3) is 0.269. The number of ether oxygens (including phenoxy) is 1. The van der Waals surface area contributed by atoms with Gasteiger partial charge in [-0.1, -0.05) is 31.2 Å². The Morgan fingerprint density at radius 1 is 1.06 bits per heavy atom. The van der Waals surface area contributed by atoms with Gasteiger partial charge in [0.2, 0.25) is 0 Å². The number of nitrogens with zero attached hydrogens (tertiary/aromatic N) is 4. The molecule has 4 aromatic rings. The number of hydrogen-bond acceptors (Lipinski definition) is 5. The van der Waals surface area contributed by atoms with Gasteiger partial charge < -0.3 is 14.7 Å². The van der Waals surface area contributed by atoms with Crippen LogP contribution in [0.2, 0.25) is 0 Å². The Kier molecular flexibility index (Phi) is 5.56. The highest BCUT2D eigenvalue weighted by molar-refractivity contribution is 6.00. The van der Waals surface area contributed by atoms with Gasteiger partial charge in [0.1, 0.15) is 0 Å². The van der Waals surface area contributed by atoms with Gasteiger partial charge in [0.05, 0.1) is 30.0 Å². The lowest BCUT2D eigenvalue weighted by Crippen LogP contribution is -2.36. The molecule has 0 unspecified atom stereocenters. The minimum Gasteiger partial charge on any atom is -0.477 e. The van der Waals surface area contributed by atoms with Crippen molar-refractivity contribution in [2.24, 2.45) is 0 Å². The lowest BCUT2D eigenvalue weighted by atomic mass is 10.0. The molecule has 1 saturated heterocycles. The summed E-state index contributed by atoms with van der Waals surface area (Å²) in [6.45, 7) is 7.23. The highest BCUT2D eigenvalue weighted by Crippen LogP contribution is 2.33. The van der Waals surface area contributed by atoms with Gasteiger partial charge in [-0.15, -0.1) is 0 Å². The van der Waals surface area contributed by atoms with E-state index >= 15 is 0 Å². The summed E-state index contributed by atoms with van der Waals surface area (Å²) in [4.78, 5) is 18.7. The average molecular weight is 443 g/mol. The first kappa shape index (κ1) is 21.2. The number of aromatic nitrogens is 3. The third kappa shape index (κ3) is 3.96. The second-order valence-electron chi connectivity index (χ2n) is 8.23. The van der Waals surface area contributed by atoms with Crippen molar-refractivity contribution in [3.05, 3.63) is 71.5 Å². The number of pyridine rings is 1. The molecule has 2 aromatic carbocycles. The third-order valence-electron chi connectivity index (χ3n) is 6.15. The van der Waals surface area contributed by atoms with E-state index in [0.29, 0.717) is 5.65 Å². The Bertz CT molecular complexity index is 1320. The predicted molar refractivity (Wildman–Crippen MR) is 128 cm³/mol. The summed E-state index contributed by atoms with van der Waals surface area (Å²) >= 11 is 0. The zero-order valence-electron chi connectivity index (χ0n) is 18.8. The maximum Gasteiger partial charge on any atom is 0.354 e. The van der Waals surface area contributed by atoms with Gasteiger partial charge in [0, 0.05) is 18.8 Å². The van der Waals surface area contributed by atoms with Crippen LogP contribution >= 0.6 is 0 Å². The number of benzene rings is 2. The van der Waals surface area contributed by atoms with Gasteiger partial charge in [0.15, 0.2) is 11.3 Å². The smallest absolute Gasteiger partial charge is 0.354 e. The van der Waals surface area contributed by atoms with Crippen LogP contribution in [-0.4, -0.2) is 52.1 Å². The molecule has 7 nitrogen and oxygen atoms in total. The van der Waals surface area contributed by atoms with Crippen LogP contribution in [0.1, 0.15) is 28.7 Å². The SMILES string of the molecule is CCc1cccc(-n2nc(C)c3c(-c4ccc(N5CCOCC5)cc4)cc(C(=O)O)nc32)c1. The molecule has 0 amide bonds. The molecule has 2 aromatic heterocycles. The standard InChI is InChI=1S/C26H26N4O3/c1-3-18-5-4-6-21(15-18)30-25-24(17(2)28-30)22(16-23(27-25)26(31)32)19-7-9-20(10-8-19)29-11-13-33-14-12-29/h4-10,15-16H,3,11-14H2,1-2H3,(H,31,32). The quantitative estimate of drug-likeness (QED) is 0.490. The predicted octanol–water partition coefficient (Wildman–Crippen LogP) is 4.49. The van der Waals surface area contributed by atoms with E-state index in [9.17, 15) is 9.90 Å². The number of rotatable bonds is 5. The highest BCUT2D eigenvalue weighted by atomic mass is 16.5. The number of aromatic carboxylic acids is 1. The Labute approximate surface area is 192 Å². The number of morpholine rings is 1. The van der Waals surface area contributed by atoms with E-state index in [1.807, 2.05) is 31.2 Å². The molecule has 1 fully saturated rings. The lowest BCUT2D eigenvalue weighted by Gasteiger charge is -2.29. The molecule has 1 aliphatic rings. The van der Waals surface area contributed by atoms with Gasteiger partial charge in [-0.3, -0.25) is 0 Å². The van der Waals surface area contributed by atoms with E-state index in [0.717, 1.165) is 66.3 Å². The molecular weight excluding hydrogens is 416 g/mol. The van der Waals surface area contributed by atoms with Crippen LogP contribution < -0.4 is 4.90 Å². The molecule has 3 heterocycles. The summed E-state index contributed by atoms with van der Waals surface area (Å²) < 4.78 is 7.20. The van der Waals surface area contributed by atoms with Crippen molar-refractivity contribution in [1.82, 2.24) is 14.8 Å². The Balaban J connectivity index is 1.65. The number of carbonyl (C=O) groups is 1. The average Bonchev–Trinajstić information content (AvgIpc) is 3.20. The number of anilines is 1. The fourth-order valence-electron chi connectivity index (χ4n) is 4.39. The number of carboxylic acids is 1. The van der Waals surface area contributed by atoms with E-state index in [-0.39, 0.29) is 5.69 Å². The monoisotopic (exact) mass is 442 g/mol. The van der Waals surface area contributed by atoms with Crippen molar-refractivity contribution < 1.29 is 14.6 Å². The van der Waals surface area contributed by atoms with Crippen molar-refractivity contribution in [3.63, 3.8) is 0 Å². The van der Waals surface area contributed by atoms with Gasteiger partial charge in [-0.2, -0.15) is 5.10 Å². The molecule has 0 spiro atoms. The third-order valence-corrected chi connectivity index (χ3v) is 6.15. The van der Waals surface area contributed by atoms with Gasteiger partial charge >= 0.3 is 5.97 Å². The summed E-state index contributed by atoms with van der Waals surface area (Å²) in [6, 6.07) is 18.0. The van der Waals surface area contributed by atoms with Crippen LogP contribution in [0.15, 0.2) is 54.6 Å². The summed E-state index contributed by atoms with van der Waals surface area (Å²) in [5.74, 6) is -1.06. The molecule has 0 atom stereocenters. The van der Waals surface area contributed by atoms with Crippen LogP contribution in [0.25, 0.3) is 27.8 Å². The zero-order valence-corrected chi connectivity index (χ0v) is 18.8. The number of carboxylic acid groups (broad SMARTS) is 1. The first-order chi connectivity index (χ1) is 16.0. The van der Waals surface area contributed by atoms with Crippen LogP contribution in [0.5, 0.6) is 0 Å². The van der Waals surface area contributed by atoms with Crippen LogP contribution in [0, 0.1) is 6.92 Å².